The average molecular weight is 518 g/mol. The van der Waals surface area contributed by atoms with Crippen molar-refractivity contribution in [2.24, 2.45) is 5.92 Å². The minimum Gasteiger partial charge on any atom is -0.430 e. The number of benzene rings is 3. The van der Waals surface area contributed by atoms with Crippen LogP contribution in [0.25, 0.3) is 0 Å². The number of ether oxygens (including phenoxy) is 3. The third kappa shape index (κ3) is 4.61. The first-order chi connectivity index (χ1) is 18.4. The molecule has 2 aliphatic rings. The van der Waals surface area contributed by atoms with E-state index in [1.165, 1.54) is 17.0 Å². The van der Waals surface area contributed by atoms with Crippen molar-refractivity contribution in [1.82, 2.24) is 4.90 Å². The van der Waals surface area contributed by atoms with Gasteiger partial charge in [-0.05, 0) is 24.5 Å². The molecule has 3 aromatic rings. The van der Waals surface area contributed by atoms with Crippen LogP contribution in [0.3, 0.4) is 0 Å². The summed E-state index contributed by atoms with van der Waals surface area (Å²) < 4.78 is 31.6. The van der Waals surface area contributed by atoms with E-state index >= 15 is 0 Å². The van der Waals surface area contributed by atoms with Crippen molar-refractivity contribution in [3.05, 3.63) is 107 Å². The molecule has 2 aliphatic heterocycles. The highest BCUT2D eigenvalue weighted by molar-refractivity contribution is 5.94. The minimum absolute atomic E-state index is 0.0853. The molecule has 0 unspecified atom stereocenters. The molecule has 2 amide bonds. The molecule has 0 aromatic heterocycles. The summed E-state index contributed by atoms with van der Waals surface area (Å²) in [6.07, 6.45) is 0.257. The highest BCUT2D eigenvalue weighted by atomic mass is 19.1. The van der Waals surface area contributed by atoms with Gasteiger partial charge in [0.05, 0.1) is 19.3 Å². The molecule has 38 heavy (non-hydrogen) atoms. The molecule has 198 valence electrons. The molecule has 5 rings (SSSR count). The summed E-state index contributed by atoms with van der Waals surface area (Å²) in [7, 11) is 0. The van der Waals surface area contributed by atoms with E-state index in [2.05, 4.69) is 0 Å². The van der Waals surface area contributed by atoms with Gasteiger partial charge in [0.15, 0.2) is 11.4 Å². The van der Waals surface area contributed by atoms with Crippen LogP contribution in [0.4, 0.5) is 9.18 Å². The molecule has 0 spiro atoms. The van der Waals surface area contributed by atoms with Crippen LogP contribution in [-0.2, 0) is 30.4 Å². The topological polar surface area (TPSA) is 65.1 Å². The van der Waals surface area contributed by atoms with Crippen molar-refractivity contribution in [1.29, 1.82) is 0 Å². The second kappa shape index (κ2) is 10.7. The Kier molecular flexibility index (Phi) is 7.32. The Morgan fingerprint density at radius 2 is 1.45 bits per heavy atom. The van der Waals surface area contributed by atoms with Crippen LogP contribution >= 0.6 is 0 Å². The predicted molar refractivity (Wildman–Crippen MR) is 139 cm³/mol. The van der Waals surface area contributed by atoms with Crippen molar-refractivity contribution in [2.45, 2.75) is 50.5 Å². The zero-order valence-corrected chi connectivity index (χ0v) is 21.6. The van der Waals surface area contributed by atoms with E-state index < -0.39 is 23.5 Å². The number of nitrogens with zero attached hydrogens (tertiary/aromatic N) is 1. The first-order valence-electron chi connectivity index (χ1n) is 13.1. The van der Waals surface area contributed by atoms with E-state index in [-0.39, 0.29) is 24.1 Å². The molecule has 2 heterocycles. The Bertz CT molecular complexity index is 1220. The van der Waals surface area contributed by atoms with E-state index in [9.17, 15) is 14.0 Å². The fraction of sp³-hybridized carbons (Fsp3) is 0.355. The fourth-order valence-electron chi connectivity index (χ4n) is 5.77. The van der Waals surface area contributed by atoms with Gasteiger partial charge >= 0.3 is 6.09 Å². The summed E-state index contributed by atoms with van der Waals surface area (Å²) in [5, 5.41) is 0. The average Bonchev–Trinajstić information content (AvgIpc) is 3.54. The number of cyclic esters (lactones) is 1. The maximum atomic E-state index is 13.7. The number of rotatable bonds is 8. The molecular weight excluding hydrogens is 485 g/mol. The maximum Gasteiger partial charge on any atom is 0.418 e. The van der Waals surface area contributed by atoms with Crippen LogP contribution < -0.4 is 0 Å². The Balaban J connectivity index is 1.41. The Hall–Kier alpha value is -3.55. The molecule has 1 atom stereocenters. The number of carbonyl (C=O) groups excluding carboxylic acids is 2. The molecule has 6 nitrogen and oxygen atoms in total. The third-order valence-electron chi connectivity index (χ3n) is 7.38. The first-order valence-corrected chi connectivity index (χ1v) is 13.1. The van der Waals surface area contributed by atoms with Gasteiger partial charge in [0.1, 0.15) is 5.82 Å². The smallest absolute Gasteiger partial charge is 0.418 e. The van der Waals surface area contributed by atoms with Crippen molar-refractivity contribution < 1.29 is 28.2 Å². The predicted octanol–water partition coefficient (Wildman–Crippen LogP) is 6.14. The Morgan fingerprint density at radius 3 is 1.97 bits per heavy atom. The zero-order chi connectivity index (χ0) is 26.8. The molecule has 0 saturated carbocycles. The lowest BCUT2D eigenvalue weighted by molar-refractivity contribution is -0.172. The van der Waals surface area contributed by atoms with Crippen molar-refractivity contribution in [3.8, 4) is 0 Å². The van der Waals surface area contributed by atoms with Gasteiger partial charge in [-0.1, -0.05) is 86.6 Å². The lowest BCUT2D eigenvalue weighted by Crippen LogP contribution is -2.49. The Morgan fingerprint density at radius 1 is 0.895 bits per heavy atom. The molecule has 0 bridgehead atoms. The van der Waals surface area contributed by atoms with Crippen LogP contribution in [0.15, 0.2) is 84.9 Å². The SMILES string of the molecule is CC(C)[C@@H]1N(C(=O)CCCC2(c3ccc(F)cc3)OCCO2)C(=O)OC1(c1ccccc1)c1ccccc1. The molecule has 0 N–H and O–H groups in total. The van der Waals surface area contributed by atoms with Crippen LogP contribution in [0.2, 0.25) is 0 Å². The normalized spacial score (nSPS) is 20.1. The van der Waals surface area contributed by atoms with Crippen LogP contribution in [0.5, 0.6) is 0 Å². The summed E-state index contributed by atoms with van der Waals surface area (Å²) in [5.74, 6) is -1.77. The van der Waals surface area contributed by atoms with Gasteiger partial charge < -0.3 is 14.2 Å². The van der Waals surface area contributed by atoms with Gasteiger partial charge in [0.25, 0.3) is 0 Å². The number of imide groups is 1. The summed E-state index contributed by atoms with van der Waals surface area (Å²) >= 11 is 0. The minimum atomic E-state index is -1.13. The molecule has 2 fully saturated rings. The maximum absolute atomic E-state index is 13.7. The molecule has 7 heteroatoms. The van der Waals surface area contributed by atoms with Gasteiger partial charge in [-0.25, -0.2) is 14.1 Å². The number of amides is 2. The van der Waals surface area contributed by atoms with Gasteiger partial charge in [-0.2, -0.15) is 0 Å². The number of hydrogen-bond acceptors (Lipinski definition) is 5. The van der Waals surface area contributed by atoms with Crippen LogP contribution in [-0.4, -0.2) is 36.2 Å². The van der Waals surface area contributed by atoms with E-state index in [0.29, 0.717) is 31.6 Å². The summed E-state index contributed by atoms with van der Waals surface area (Å²) in [4.78, 5) is 28.4. The number of carbonyl (C=O) groups is 2. The Labute approximate surface area is 222 Å². The van der Waals surface area contributed by atoms with E-state index in [4.69, 9.17) is 14.2 Å². The standard InChI is InChI=1S/C31H32FNO5/c1-22(2)28-31(24-10-5-3-6-11-24,25-12-7-4-8-13-25)38-29(35)33(28)27(34)14-9-19-30(36-20-21-37-30)23-15-17-26(32)18-16-23/h3-8,10-13,15-18,22,28H,9,14,19-21H2,1-2H3/t28-/m0/s1. The van der Waals surface area contributed by atoms with E-state index in [1.807, 2.05) is 74.5 Å². The molecule has 3 aromatic carbocycles. The highest BCUT2D eigenvalue weighted by Crippen LogP contribution is 2.47. The first kappa shape index (κ1) is 26.1. The van der Waals surface area contributed by atoms with Gasteiger partial charge in [0.2, 0.25) is 5.91 Å². The third-order valence-corrected chi connectivity index (χ3v) is 7.38. The van der Waals surface area contributed by atoms with Crippen LogP contribution in [0.1, 0.15) is 49.8 Å². The second-order valence-electron chi connectivity index (χ2n) is 10.1. The summed E-state index contributed by atoms with van der Waals surface area (Å²) in [5.41, 5.74) is 1.21. The lowest BCUT2D eigenvalue weighted by Gasteiger charge is -2.37. The molecule has 0 aliphatic carbocycles. The van der Waals surface area contributed by atoms with Gasteiger partial charge in [-0.15, -0.1) is 0 Å². The summed E-state index contributed by atoms with van der Waals surface area (Å²) in [6.45, 7) is 4.82. The lowest BCUT2D eigenvalue weighted by atomic mass is 9.75. The quantitative estimate of drug-likeness (QED) is 0.359. The van der Waals surface area contributed by atoms with Gasteiger partial charge in [0, 0.05) is 29.5 Å². The van der Waals surface area contributed by atoms with E-state index in [0.717, 1.165) is 11.1 Å². The van der Waals surface area contributed by atoms with Crippen LogP contribution in [0, 0.1) is 11.7 Å². The zero-order valence-electron chi connectivity index (χ0n) is 21.6. The largest absolute Gasteiger partial charge is 0.430 e. The number of halogens is 1. The second-order valence-corrected chi connectivity index (χ2v) is 10.1. The van der Waals surface area contributed by atoms with Crippen molar-refractivity contribution >= 4 is 12.0 Å². The summed E-state index contributed by atoms with van der Waals surface area (Å²) in [6, 6.07) is 24.7. The fourth-order valence-corrected chi connectivity index (χ4v) is 5.77. The number of hydrogen-bond donors (Lipinski definition) is 0. The van der Waals surface area contributed by atoms with Crippen molar-refractivity contribution in [3.63, 3.8) is 0 Å². The van der Waals surface area contributed by atoms with Crippen molar-refractivity contribution in [2.75, 3.05) is 13.2 Å². The van der Waals surface area contributed by atoms with E-state index in [1.54, 1.807) is 12.1 Å². The molecule has 0 radical (unpaired) electrons. The molecular formula is C31H32FNO5. The molecule has 2 saturated heterocycles. The monoisotopic (exact) mass is 517 g/mol. The highest BCUT2D eigenvalue weighted by Gasteiger charge is 2.59. The van der Waals surface area contributed by atoms with Gasteiger partial charge in [-0.3, -0.25) is 4.79 Å².